The third-order valence-corrected chi connectivity index (χ3v) is 14.5. The van der Waals surface area contributed by atoms with Crippen molar-refractivity contribution in [3.8, 4) is 56.4 Å². The largest absolute Gasteiger partial charge is 0.456 e. The third-order valence-electron chi connectivity index (χ3n) is 14.5. The normalized spacial score (nSPS) is 14.5. The summed E-state index contributed by atoms with van der Waals surface area (Å²) in [4.78, 5) is 16.2. The highest BCUT2D eigenvalue weighted by molar-refractivity contribution is 6.18. The first-order chi connectivity index (χ1) is 31.2. The van der Waals surface area contributed by atoms with E-state index in [9.17, 15) is 0 Å². The minimum Gasteiger partial charge on any atom is -0.456 e. The zero-order chi connectivity index (χ0) is 42.6. The monoisotopic (exact) mass is 821 g/mol. The Morgan fingerprint density at radius 2 is 0.969 bits per heavy atom. The number of hydrogen-bond donors (Lipinski definition) is 0. The van der Waals surface area contributed by atoms with Crippen molar-refractivity contribution in [3.63, 3.8) is 0 Å². The molecule has 302 valence electrons. The Balaban J connectivity index is 1.04. The van der Waals surface area contributed by atoms with Gasteiger partial charge in [0.05, 0.1) is 0 Å². The lowest BCUT2D eigenvalue weighted by Crippen LogP contribution is -2.15. The number of para-hydroxylation sites is 2. The molecule has 2 aliphatic carbocycles. The molecule has 64 heavy (non-hydrogen) atoms. The molecule has 12 aromatic rings. The van der Waals surface area contributed by atoms with E-state index in [1.165, 1.54) is 60.5 Å². The van der Waals surface area contributed by atoms with E-state index >= 15 is 0 Å². The van der Waals surface area contributed by atoms with Gasteiger partial charge in [-0.05, 0) is 103 Å². The van der Waals surface area contributed by atoms with Gasteiger partial charge in [0.15, 0.2) is 17.5 Å². The lowest BCUT2D eigenvalue weighted by molar-refractivity contribution is 0.653. The van der Waals surface area contributed by atoms with Crippen LogP contribution in [0.1, 0.15) is 49.9 Å². The first-order valence-corrected chi connectivity index (χ1v) is 22.1. The van der Waals surface area contributed by atoms with Crippen LogP contribution in [0.2, 0.25) is 0 Å². The Morgan fingerprint density at radius 3 is 1.77 bits per heavy atom. The molecule has 5 nitrogen and oxygen atoms in total. The van der Waals surface area contributed by atoms with E-state index in [1.54, 1.807) is 0 Å². The molecule has 0 amide bonds. The van der Waals surface area contributed by atoms with Crippen LogP contribution in [-0.2, 0) is 10.8 Å². The van der Waals surface area contributed by atoms with Crippen molar-refractivity contribution in [1.29, 1.82) is 0 Å². The van der Waals surface area contributed by atoms with Crippen LogP contribution >= 0.6 is 0 Å². The van der Waals surface area contributed by atoms with Gasteiger partial charge in [-0.25, -0.2) is 15.0 Å². The molecule has 9 aromatic carbocycles. The fourth-order valence-corrected chi connectivity index (χ4v) is 11.4. The lowest BCUT2D eigenvalue weighted by atomic mass is 9.80. The highest BCUT2D eigenvalue weighted by Gasteiger charge is 2.40. The second-order valence-corrected chi connectivity index (χ2v) is 18.7. The van der Waals surface area contributed by atoms with E-state index in [4.69, 9.17) is 23.8 Å². The number of aromatic nitrogens is 3. The van der Waals surface area contributed by atoms with Crippen molar-refractivity contribution in [2.75, 3.05) is 0 Å². The quantitative estimate of drug-likeness (QED) is 0.166. The van der Waals surface area contributed by atoms with Gasteiger partial charge in [0.1, 0.15) is 22.3 Å². The molecule has 0 saturated heterocycles. The maximum absolute atomic E-state index is 6.89. The summed E-state index contributed by atoms with van der Waals surface area (Å²) in [7, 11) is 0. The molecule has 14 rings (SSSR count). The zero-order valence-corrected chi connectivity index (χ0v) is 35.7. The second kappa shape index (κ2) is 12.4. The molecule has 3 heterocycles. The molecule has 0 spiro atoms. The van der Waals surface area contributed by atoms with Crippen LogP contribution in [0.4, 0.5) is 0 Å². The molecule has 3 aromatic heterocycles. The van der Waals surface area contributed by atoms with Crippen molar-refractivity contribution in [2.24, 2.45) is 0 Å². The van der Waals surface area contributed by atoms with E-state index in [1.807, 2.05) is 24.3 Å². The van der Waals surface area contributed by atoms with Gasteiger partial charge < -0.3 is 8.83 Å². The van der Waals surface area contributed by atoms with Crippen LogP contribution in [0.3, 0.4) is 0 Å². The van der Waals surface area contributed by atoms with Crippen molar-refractivity contribution >= 4 is 65.4 Å². The summed E-state index contributed by atoms with van der Waals surface area (Å²) in [5.74, 6) is 1.79. The van der Waals surface area contributed by atoms with Crippen molar-refractivity contribution in [1.82, 2.24) is 15.0 Å². The van der Waals surface area contributed by atoms with Gasteiger partial charge in [-0.1, -0.05) is 149 Å². The molecule has 0 saturated carbocycles. The van der Waals surface area contributed by atoms with Crippen LogP contribution in [-0.4, -0.2) is 15.0 Å². The predicted molar refractivity (Wildman–Crippen MR) is 261 cm³/mol. The summed E-state index contributed by atoms with van der Waals surface area (Å²) in [6, 6.07) is 58.5. The number of furan rings is 2. The van der Waals surface area contributed by atoms with Gasteiger partial charge in [0.2, 0.25) is 0 Å². The lowest BCUT2D eigenvalue weighted by Gasteiger charge is -2.23. The van der Waals surface area contributed by atoms with Crippen molar-refractivity contribution in [3.05, 3.63) is 186 Å². The summed E-state index contributed by atoms with van der Waals surface area (Å²) in [6.07, 6.45) is 0. The topological polar surface area (TPSA) is 65.0 Å². The Bertz CT molecular complexity index is 4030. The highest BCUT2D eigenvalue weighted by Crippen LogP contribution is 2.55. The van der Waals surface area contributed by atoms with Gasteiger partial charge in [-0.15, -0.1) is 0 Å². The summed E-state index contributed by atoms with van der Waals surface area (Å²) in [6.45, 7) is 9.32. The minimum atomic E-state index is -0.282. The van der Waals surface area contributed by atoms with Crippen LogP contribution in [0.5, 0.6) is 0 Å². The number of benzene rings is 9. The molecular weight excluding hydrogens is 783 g/mol. The van der Waals surface area contributed by atoms with Gasteiger partial charge in [0, 0.05) is 54.6 Å². The van der Waals surface area contributed by atoms with Crippen LogP contribution < -0.4 is 0 Å². The van der Waals surface area contributed by atoms with E-state index in [0.29, 0.717) is 17.5 Å². The number of rotatable bonds is 3. The first-order valence-electron chi connectivity index (χ1n) is 22.1. The first kappa shape index (κ1) is 35.7. The molecule has 2 aliphatic rings. The molecule has 0 atom stereocenters. The Morgan fingerprint density at radius 1 is 0.375 bits per heavy atom. The highest BCUT2D eigenvalue weighted by atomic mass is 16.3. The average molecular weight is 822 g/mol. The number of hydrogen-bond acceptors (Lipinski definition) is 5. The summed E-state index contributed by atoms with van der Waals surface area (Å²) in [5.41, 5.74) is 15.9. The summed E-state index contributed by atoms with van der Waals surface area (Å²) < 4.78 is 13.2. The molecule has 0 N–H and O–H groups in total. The van der Waals surface area contributed by atoms with E-state index in [-0.39, 0.29) is 10.8 Å². The third kappa shape index (κ3) is 4.70. The minimum absolute atomic E-state index is 0.134. The molecule has 5 heteroatoms. The maximum atomic E-state index is 6.89. The van der Waals surface area contributed by atoms with Gasteiger partial charge in [-0.2, -0.15) is 0 Å². The molecule has 0 fully saturated rings. The van der Waals surface area contributed by atoms with Gasteiger partial charge in [0.25, 0.3) is 0 Å². The fourth-order valence-electron chi connectivity index (χ4n) is 11.4. The maximum Gasteiger partial charge on any atom is 0.164 e. The van der Waals surface area contributed by atoms with Crippen LogP contribution in [0.15, 0.2) is 173 Å². The van der Waals surface area contributed by atoms with E-state index in [2.05, 4.69) is 167 Å². The summed E-state index contributed by atoms with van der Waals surface area (Å²) >= 11 is 0. The molecule has 0 unspecified atom stereocenters. The number of fused-ring (bicyclic) bond motifs is 17. The molecule has 0 aliphatic heterocycles. The van der Waals surface area contributed by atoms with Gasteiger partial charge in [-0.3, -0.25) is 0 Å². The van der Waals surface area contributed by atoms with Crippen molar-refractivity contribution < 1.29 is 8.83 Å². The molecular formula is C59H39N3O2. The zero-order valence-electron chi connectivity index (χ0n) is 35.7. The van der Waals surface area contributed by atoms with E-state index < -0.39 is 0 Å². The Kier molecular flexibility index (Phi) is 6.91. The average Bonchev–Trinajstić information content (AvgIpc) is 4.03. The SMILES string of the molecule is CC1(C)c2ccccc2-c2c1cc(-c1nc(-c3ccc4ccc5c6c(ccc5c4c3)-c3ccccc3C6(C)C)nc(-c3ccc4oc5ccccc5c4c3)n1)c1c2oc2ccccc21. The predicted octanol–water partition coefficient (Wildman–Crippen LogP) is 15.6. The standard InChI is InChI=1S/C59H39N3O2/c1-58(2)46-18-10-6-15-40(46)52-47(58)31-44(51-41-16-8-12-20-49(41)64-54(51)52)57-61-55(60-56(62-57)34-24-28-50-43(30-34)37-14-7-11-19-48(37)63-50)33-22-21-32-23-25-38-35(42(32)29-33)26-27-39-36-13-5-9-17-45(36)59(3,4)53(38)39/h5-31H,1-4H3. The number of nitrogens with zero attached hydrogens (tertiary/aromatic N) is 3. The fraction of sp³-hybridized carbons (Fsp3) is 0.102. The molecule has 0 bridgehead atoms. The summed E-state index contributed by atoms with van der Waals surface area (Å²) in [5, 5.41) is 8.94. The van der Waals surface area contributed by atoms with Crippen LogP contribution in [0, 0.1) is 0 Å². The van der Waals surface area contributed by atoms with E-state index in [0.717, 1.165) is 66.1 Å². The van der Waals surface area contributed by atoms with Crippen molar-refractivity contribution in [2.45, 2.75) is 38.5 Å². The van der Waals surface area contributed by atoms with Gasteiger partial charge >= 0.3 is 0 Å². The Hall–Kier alpha value is -7.89. The smallest absolute Gasteiger partial charge is 0.164 e. The second-order valence-electron chi connectivity index (χ2n) is 18.7. The van der Waals surface area contributed by atoms with Crippen LogP contribution in [0.25, 0.3) is 122 Å². The Labute approximate surface area is 368 Å². The molecule has 0 radical (unpaired) electrons.